The van der Waals surface area contributed by atoms with E-state index >= 15 is 0 Å². The second kappa shape index (κ2) is 9.71. The Labute approximate surface area is 187 Å². The second-order valence-electron chi connectivity index (χ2n) is 8.49. The van der Waals surface area contributed by atoms with Crippen molar-refractivity contribution in [3.63, 3.8) is 0 Å². The summed E-state index contributed by atoms with van der Waals surface area (Å²) < 4.78 is 10.6. The Morgan fingerprint density at radius 3 is 2.70 bits per heavy atom. The molecule has 7 heteroatoms. The summed E-state index contributed by atoms with van der Waals surface area (Å²) in [5, 5.41) is 4.78. The van der Waals surface area contributed by atoms with E-state index in [1.165, 1.54) is 25.9 Å². The molecule has 1 aliphatic heterocycles. The van der Waals surface area contributed by atoms with Crippen molar-refractivity contribution in [3.05, 3.63) is 35.0 Å². The van der Waals surface area contributed by atoms with E-state index in [0.717, 1.165) is 38.9 Å². The van der Waals surface area contributed by atoms with Crippen LogP contribution < -0.4 is 5.32 Å². The smallest absolute Gasteiger partial charge is 0.407 e. The maximum atomic E-state index is 11.8. The van der Waals surface area contributed by atoms with Gasteiger partial charge in [-0.2, -0.15) is 0 Å². The average Bonchev–Trinajstić information content (AvgIpc) is 3.14. The molecule has 1 aromatic heterocycles. The summed E-state index contributed by atoms with van der Waals surface area (Å²) in [6.07, 6.45) is 5.70. The van der Waals surface area contributed by atoms with Gasteiger partial charge in [-0.25, -0.2) is 9.78 Å². The van der Waals surface area contributed by atoms with Crippen LogP contribution in [0.2, 0.25) is 0 Å². The number of nitrogens with zero attached hydrogens (tertiary/aromatic N) is 1. The molecule has 1 amide bonds. The Kier molecular flexibility index (Phi) is 7.01. The minimum absolute atomic E-state index is 0.0864. The summed E-state index contributed by atoms with van der Waals surface area (Å²) in [6, 6.07) is 6.90. The number of ether oxygens (including phenoxy) is 2. The first-order chi connectivity index (χ1) is 14.5. The predicted molar refractivity (Wildman–Crippen MR) is 123 cm³/mol. The van der Waals surface area contributed by atoms with Crippen molar-refractivity contribution in [3.8, 4) is 10.4 Å². The fourth-order valence-electron chi connectivity index (χ4n) is 3.89. The lowest BCUT2D eigenvalue weighted by molar-refractivity contribution is 0.0455. The van der Waals surface area contributed by atoms with Crippen LogP contribution in [0.25, 0.3) is 10.4 Å². The molecule has 0 spiro atoms. The number of nitrogens with one attached hydrogen (secondary N) is 1. The molecule has 1 aromatic carbocycles. The number of hydrogen-bond donors (Lipinski definition) is 1. The van der Waals surface area contributed by atoms with Gasteiger partial charge in [0.1, 0.15) is 0 Å². The van der Waals surface area contributed by atoms with Gasteiger partial charge in [0.25, 0.3) is 0 Å². The van der Waals surface area contributed by atoms with Crippen LogP contribution in [-0.2, 0) is 9.47 Å². The molecule has 1 aliphatic carbocycles. The van der Waals surface area contributed by atoms with Crippen LogP contribution in [0.4, 0.5) is 4.79 Å². The first kappa shape index (κ1) is 21.7. The van der Waals surface area contributed by atoms with Crippen LogP contribution in [-0.4, -0.2) is 41.7 Å². The number of benzene rings is 1. The number of carbonyl (C=O) groups is 1. The molecule has 5 nitrogen and oxygen atoms in total. The third-order valence-corrected chi connectivity index (χ3v) is 7.96. The molecular weight excluding hydrogens is 416 g/mol. The highest BCUT2D eigenvalue weighted by Crippen LogP contribution is 2.42. The lowest BCUT2D eigenvalue weighted by atomic mass is 9.86. The molecule has 4 rings (SSSR count). The number of rotatable bonds is 6. The zero-order valence-corrected chi connectivity index (χ0v) is 19.5. The van der Waals surface area contributed by atoms with E-state index in [-0.39, 0.29) is 18.2 Å². The molecule has 1 saturated carbocycles. The molecule has 30 heavy (non-hydrogen) atoms. The quantitative estimate of drug-likeness (QED) is 0.610. The second-order valence-corrected chi connectivity index (χ2v) is 10.9. The van der Waals surface area contributed by atoms with Crippen LogP contribution >= 0.6 is 23.1 Å². The molecule has 1 N–H and O–H groups in total. The predicted octanol–water partition coefficient (Wildman–Crippen LogP) is 5.77. The van der Waals surface area contributed by atoms with Gasteiger partial charge in [0.15, 0.2) is 0 Å². The third kappa shape index (κ3) is 5.37. The maximum absolute atomic E-state index is 11.8. The zero-order valence-electron chi connectivity index (χ0n) is 17.8. The summed E-state index contributed by atoms with van der Waals surface area (Å²) in [7, 11) is 0. The van der Waals surface area contributed by atoms with Crippen molar-refractivity contribution in [2.75, 3.05) is 13.2 Å². The molecule has 2 fully saturated rings. The standard InChI is InChI=1S/C23H30N2O3S2/c1-14(2)28-23(26)25-17-7-5-16(6-8-17)22-24-11-21(30-22)19-9-4-15(3)10-20(19)29-18-12-27-13-18/h4,9-11,14,16-18H,5-8,12-13H2,1-3H3,(H,25,26). The zero-order chi connectivity index (χ0) is 21.1. The first-order valence-corrected chi connectivity index (χ1v) is 12.5. The van der Waals surface area contributed by atoms with Crippen LogP contribution in [0.15, 0.2) is 29.3 Å². The number of amides is 1. The Balaban J connectivity index is 1.39. The van der Waals surface area contributed by atoms with E-state index in [1.807, 2.05) is 43.1 Å². The summed E-state index contributed by atoms with van der Waals surface area (Å²) in [5.74, 6) is 0.476. The summed E-state index contributed by atoms with van der Waals surface area (Å²) in [6.45, 7) is 7.57. The van der Waals surface area contributed by atoms with E-state index in [0.29, 0.717) is 11.2 Å². The number of aromatic nitrogens is 1. The molecule has 0 radical (unpaired) electrons. The number of thiazole rings is 1. The van der Waals surface area contributed by atoms with Crippen LogP contribution in [0, 0.1) is 6.92 Å². The van der Waals surface area contributed by atoms with Crippen molar-refractivity contribution in [1.82, 2.24) is 10.3 Å². The van der Waals surface area contributed by atoms with Gasteiger partial charge >= 0.3 is 6.09 Å². The minimum Gasteiger partial charge on any atom is -0.447 e. The molecule has 0 atom stereocenters. The monoisotopic (exact) mass is 446 g/mol. The van der Waals surface area contributed by atoms with Crippen molar-refractivity contribution in [2.24, 2.45) is 0 Å². The molecule has 162 valence electrons. The van der Waals surface area contributed by atoms with E-state index in [9.17, 15) is 4.79 Å². The van der Waals surface area contributed by atoms with Crippen molar-refractivity contribution >= 4 is 29.2 Å². The number of carbonyl (C=O) groups excluding carboxylic acids is 1. The van der Waals surface area contributed by atoms with Gasteiger partial charge in [0.05, 0.1) is 34.5 Å². The molecule has 2 aliphatic rings. The molecule has 1 saturated heterocycles. The normalized spacial score (nSPS) is 22.0. The van der Waals surface area contributed by atoms with E-state index in [2.05, 4.69) is 30.4 Å². The number of aryl methyl sites for hydroxylation is 1. The minimum atomic E-state index is -0.300. The van der Waals surface area contributed by atoms with Crippen LogP contribution in [0.3, 0.4) is 0 Å². The lowest BCUT2D eigenvalue weighted by Crippen LogP contribution is -2.38. The molecule has 2 heterocycles. The fraction of sp³-hybridized carbons (Fsp3) is 0.565. The number of hydrogen-bond acceptors (Lipinski definition) is 6. The van der Waals surface area contributed by atoms with Crippen molar-refractivity contribution < 1.29 is 14.3 Å². The van der Waals surface area contributed by atoms with Gasteiger partial charge in [-0.15, -0.1) is 23.1 Å². The highest BCUT2D eigenvalue weighted by Gasteiger charge is 2.27. The van der Waals surface area contributed by atoms with Gasteiger partial charge < -0.3 is 14.8 Å². The van der Waals surface area contributed by atoms with Crippen LogP contribution in [0.5, 0.6) is 0 Å². The van der Waals surface area contributed by atoms with E-state index in [4.69, 9.17) is 14.5 Å². The largest absolute Gasteiger partial charge is 0.447 e. The topological polar surface area (TPSA) is 60.5 Å². The number of thioether (sulfide) groups is 1. The third-order valence-electron chi connectivity index (χ3n) is 5.57. The lowest BCUT2D eigenvalue weighted by Gasteiger charge is -2.28. The fourth-order valence-corrected chi connectivity index (χ4v) is 6.33. The molecule has 2 aromatic rings. The summed E-state index contributed by atoms with van der Waals surface area (Å²) in [4.78, 5) is 19.2. The highest BCUT2D eigenvalue weighted by molar-refractivity contribution is 8.00. The number of alkyl carbamates (subject to hydrolysis) is 1. The maximum Gasteiger partial charge on any atom is 0.407 e. The van der Waals surface area contributed by atoms with Crippen LogP contribution in [0.1, 0.15) is 56.0 Å². The van der Waals surface area contributed by atoms with Gasteiger partial charge in [-0.3, -0.25) is 0 Å². The van der Waals surface area contributed by atoms with Gasteiger partial charge in [0, 0.05) is 28.6 Å². The average molecular weight is 447 g/mol. The van der Waals surface area contributed by atoms with Gasteiger partial charge in [-0.1, -0.05) is 12.1 Å². The Morgan fingerprint density at radius 1 is 1.27 bits per heavy atom. The van der Waals surface area contributed by atoms with Gasteiger partial charge in [0.2, 0.25) is 0 Å². The first-order valence-electron chi connectivity index (χ1n) is 10.8. The molecule has 0 unspecified atom stereocenters. The van der Waals surface area contributed by atoms with Crippen molar-refractivity contribution in [2.45, 2.75) is 74.7 Å². The van der Waals surface area contributed by atoms with Crippen molar-refractivity contribution in [1.29, 1.82) is 0 Å². The van der Waals surface area contributed by atoms with E-state index in [1.54, 1.807) is 0 Å². The Morgan fingerprint density at radius 2 is 2.03 bits per heavy atom. The molecule has 0 bridgehead atoms. The van der Waals surface area contributed by atoms with Gasteiger partial charge in [-0.05, 0) is 58.1 Å². The Bertz CT molecular complexity index is 871. The highest BCUT2D eigenvalue weighted by atomic mass is 32.2. The Hall–Kier alpha value is -1.57. The van der Waals surface area contributed by atoms with E-state index < -0.39 is 0 Å². The SMILES string of the molecule is Cc1ccc(-c2cnc(C3CCC(NC(=O)OC(C)C)CC3)s2)c(SC2COC2)c1. The summed E-state index contributed by atoms with van der Waals surface area (Å²) >= 11 is 3.74. The molecular formula is C23H30N2O3S2. The summed E-state index contributed by atoms with van der Waals surface area (Å²) in [5.41, 5.74) is 2.57.